The highest BCUT2D eigenvalue weighted by Crippen LogP contribution is 2.22. The number of hydrogen-bond acceptors (Lipinski definition) is 6. The topological polar surface area (TPSA) is 94.1 Å². The molecular formula is C17H16N2O5S. The summed E-state index contributed by atoms with van der Waals surface area (Å²) in [7, 11) is -2.08. The van der Waals surface area contributed by atoms with Gasteiger partial charge in [0.25, 0.3) is 10.0 Å². The Kier molecular flexibility index (Phi) is 4.71. The summed E-state index contributed by atoms with van der Waals surface area (Å²) >= 11 is 0. The number of nitrogens with zero attached hydrogens (tertiary/aromatic N) is 1. The number of para-hydroxylation sites is 1. The molecule has 25 heavy (non-hydrogen) atoms. The second kappa shape index (κ2) is 6.94. The number of carbonyl (C=O) groups is 1. The van der Waals surface area contributed by atoms with Crippen LogP contribution in [0.2, 0.25) is 0 Å². The number of esters is 1. The van der Waals surface area contributed by atoms with Crippen LogP contribution in [0, 0.1) is 0 Å². The van der Waals surface area contributed by atoms with Gasteiger partial charge in [0, 0.05) is 11.1 Å². The maximum Gasteiger partial charge on any atom is 0.328 e. The van der Waals surface area contributed by atoms with Crippen LogP contribution in [0.15, 0.2) is 58.4 Å². The third-order valence-corrected chi connectivity index (χ3v) is 5.01. The molecule has 1 heterocycles. The number of hydrogen-bond donors (Lipinski definition) is 1. The number of sulfonamides is 1. The number of methoxy groups -OCH3 is 1. The molecule has 0 unspecified atom stereocenters. The third kappa shape index (κ3) is 3.63. The Labute approximate surface area is 145 Å². The van der Waals surface area contributed by atoms with E-state index in [1.54, 1.807) is 30.3 Å². The van der Waals surface area contributed by atoms with Crippen molar-refractivity contribution in [3.63, 3.8) is 0 Å². The molecule has 8 heteroatoms. The summed E-state index contributed by atoms with van der Waals surface area (Å²) in [6.07, 6.45) is 0. The summed E-state index contributed by atoms with van der Waals surface area (Å²) in [5.41, 5.74) is 1.18. The SMILES string of the molecule is COc1ccccc1COC(=O)CN=C1NS(=O)(=O)c2ccccc21. The lowest BCUT2D eigenvalue weighted by molar-refractivity contribution is -0.143. The van der Waals surface area contributed by atoms with Gasteiger partial charge in [0.15, 0.2) is 0 Å². The van der Waals surface area contributed by atoms with E-state index in [1.807, 2.05) is 12.1 Å². The Balaban J connectivity index is 1.66. The van der Waals surface area contributed by atoms with Crippen LogP contribution in [-0.4, -0.2) is 33.9 Å². The van der Waals surface area contributed by atoms with Gasteiger partial charge >= 0.3 is 5.97 Å². The first-order valence-electron chi connectivity index (χ1n) is 7.45. The molecule has 0 amide bonds. The number of rotatable bonds is 5. The molecule has 3 rings (SSSR count). The monoisotopic (exact) mass is 360 g/mol. The average Bonchev–Trinajstić information content (AvgIpc) is 2.89. The number of ether oxygens (including phenoxy) is 2. The molecule has 130 valence electrons. The first-order valence-corrected chi connectivity index (χ1v) is 8.94. The first kappa shape index (κ1) is 17.0. The van der Waals surface area contributed by atoms with Gasteiger partial charge in [0.2, 0.25) is 0 Å². The third-order valence-electron chi connectivity index (χ3n) is 3.61. The van der Waals surface area contributed by atoms with Crippen LogP contribution < -0.4 is 9.46 Å². The standard InChI is InChI=1S/C17H16N2O5S/c1-23-14-8-4-2-6-12(14)11-24-16(20)10-18-17-13-7-3-5-9-15(13)25(21,22)19-17/h2-9H,10-11H2,1H3,(H,18,19). The van der Waals surface area contributed by atoms with E-state index in [0.29, 0.717) is 11.3 Å². The maximum absolute atomic E-state index is 12.0. The zero-order valence-corrected chi connectivity index (χ0v) is 14.2. The van der Waals surface area contributed by atoms with Crippen molar-refractivity contribution in [2.75, 3.05) is 13.7 Å². The molecule has 0 fully saturated rings. The predicted octanol–water partition coefficient (Wildman–Crippen LogP) is 1.48. The number of aliphatic imine (C=N–C) groups is 1. The Bertz CT molecular complexity index is 938. The van der Waals surface area contributed by atoms with Crippen LogP contribution in [0.5, 0.6) is 5.75 Å². The predicted molar refractivity (Wildman–Crippen MR) is 91.0 cm³/mol. The molecule has 1 N–H and O–H groups in total. The minimum atomic E-state index is -3.62. The van der Waals surface area contributed by atoms with E-state index < -0.39 is 16.0 Å². The van der Waals surface area contributed by atoms with E-state index in [4.69, 9.17) is 9.47 Å². The quantitative estimate of drug-likeness (QED) is 0.815. The van der Waals surface area contributed by atoms with Gasteiger partial charge in [-0.2, -0.15) is 0 Å². The fourth-order valence-corrected chi connectivity index (χ4v) is 3.67. The van der Waals surface area contributed by atoms with Crippen LogP contribution in [0.4, 0.5) is 0 Å². The number of fused-ring (bicyclic) bond motifs is 1. The van der Waals surface area contributed by atoms with E-state index in [1.165, 1.54) is 13.2 Å². The van der Waals surface area contributed by atoms with E-state index in [9.17, 15) is 13.2 Å². The molecule has 0 bridgehead atoms. The lowest BCUT2D eigenvalue weighted by atomic mass is 10.2. The van der Waals surface area contributed by atoms with E-state index in [0.717, 1.165) is 5.56 Å². The van der Waals surface area contributed by atoms with Gasteiger partial charge in [-0.25, -0.2) is 8.42 Å². The highest BCUT2D eigenvalue weighted by atomic mass is 32.2. The first-order chi connectivity index (χ1) is 12.0. The fraction of sp³-hybridized carbons (Fsp3) is 0.176. The Hall–Kier alpha value is -2.87. The van der Waals surface area contributed by atoms with Crippen molar-refractivity contribution in [2.45, 2.75) is 11.5 Å². The lowest BCUT2D eigenvalue weighted by Crippen LogP contribution is -2.23. The number of nitrogens with one attached hydrogen (secondary N) is 1. The van der Waals surface area contributed by atoms with Crippen LogP contribution in [0.3, 0.4) is 0 Å². The van der Waals surface area contributed by atoms with Gasteiger partial charge < -0.3 is 9.47 Å². The summed E-state index contributed by atoms with van der Waals surface area (Å²) < 4.78 is 36.6. The van der Waals surface area contributed by atoms with Crippen molar-refractivity contribution in [2.24, 2.45) is 4.99 Å². The van der Waals surface area contributed by atoms with Gasteiger partial charge in [0.1, 0.15) is 24.7 Å². The smallest absolute Gasteiger partial charge is 0.328 e. The van der Waals surface area contributed by atoms with Crippen LogP contribution >= 0.6 is 0 Å². The number of carbonyl (C=O) groups excluding carboxylic acids is 1. The molecule has 7 nitrogen and oxygen atoms in total. The molecule has 1 aliphatic rings. The normalized spacial score (nSPS) is 16.1. The van der Waals surface area contributed by atoms with E-state index >= 15 is 0 Å². The summed E-state index contributed by atoms with van der Waals surface area (Å²) in [6.45, 7) is -0.239. The Morgan fingerprint density at radius 2 is 1.84 bits per heavy atom. The molecule has 0 aliphatic carbocycles. The highest BCUT2D eigenvalue weighted by Gasteiger charge is 2.30. The van der Waals surface area contributed by atoms with Crippen molar-refractivity contribution in [1.82, 2.24) is 4.72 Å². The van der Waals surface area contributed by atoms with Crippen LogP contribution in [0.1, 0.15) is 11.1 Å². The Morgan fingerprint density at radius 1 is 1.12 bits per heavy atom. The second-order valence-electron chi connectivity index (χ2n) is 5.24. The van der Waals surface area contributed by atoms with E-state index in [2.05, 4.69) is 9.71 Å². The van der Waals surface area contributed by atoms with Gasteiger partial charge in [-0.3, -0.25) is 14.5 Å². The zero-order chi connectivity index (χ0) is 17.9. The number of amidine groups is 1. The molecule has 2 aromatic carbocycles. The molecule has 2 aromatic rings. The zero-order valence-electron chi connectivity index (χ0n) is 13.4. The molecule has 0 spiro atoms. The van der Waals surface area contributed by atoms with Gasteiger partial charge in [-0.15, -0.1) is 0 Å². The molecule has 0 saturated carbocycles. The van der Waals surface area contributed by atoms with Crippen molar-refractivity contribution in [3.8, 4) is 5.75 Å². The minimum absolute atomic E-state index is 0.0516. The van der Waals surface area contributed by atoms with Crippen molar-refractivity contribution < 1.29 is 22.7 Å². The summed E-state index contributed by atoms with van der Waals surface area (Å²) in [4.78, 5) is 16.1. The maximum atomic E-state index is 12.0. The van der Waals surface area contributed by atoms with Gasteiger partial charge in [-0.05, 0) is 18.2 Å². The van der Waals surface area contributed by atoms with Crippen molar-refractivity contribution in [3.05, 3.63) is 59.7 Å². The molecule has 0 atom stereocenters. The van der Waals surface area contributed by atoms with Crippen LogP contribution in [0.25, 0.3) is 0 Å². The molecule has 0 aromatic heterocycles. The van der Waals surface area contributed by atoms with Crippen molar-refractivity contribution >= 4 is 21.8 Å². The highest BCUT2D eigenvalue weighted by molar-refractivity contribution is 7.90. The number of benzene rings is 2. The molecule has 0 saturated heterocycles. The largest absolute Gasteiger partial charge is 0.496 e. The average molecular weight is 360 g/mol. The van der Waals surface area contributed by atoms with Crippen LogP contribution in [-0.2, 0) is 26.2 Å². The van der Waals surface area contributed by atoms with Gasteiger partial charge in [0.05, 0.1) is 12.0 Å². The summed E-state index contributed by atoms with van der Waals surface area (Å²) in [6, 6.07) is 13.6. The van der Waals surface area contributed by atoms with E-state index in [-0.39, 0.29) is 23.9 Å². The summed E-state index contributed by atoms with van der Waals surface area (Å²) in [5, 5.41) is 0. The lowest BCUT2D eigenvalue weighted by Gasteiger charge is -2.08. The van der Waals surface area contributed by atoms with Gasteiger partial charge in [-0.1, -0.05) is 30.3 Å². The molecule has 0 radical (unpaired) electrons. The molecule has 1 aliphatic heterocycles. The van der Waals surface area contributed by atoms with Crippen molar-refractivity contribution in [1.29, 1.82) is 0 Å². The fourth-order valence-electron chi connectivity index (χ4n) is 2.42. The molecular weight excluding hydrogens is 344 g/mol. The summed E-state index contributed by atoms with van der Waals surface area (Å²) in [5.74, 6) is 0.200. The Morgan fingerprint density at radius 3 is 2.64 bits per heavy atom. The minimum Gasteiger partial charge on any atom is -0.496 e. The second-order valence-corrected chi connectivity index (χ2v) is 6.89.